The maximum atomic E-state index is 14.7. The van der Waals surface area contributed by atoms with Crippen LogP contribution in [0.3, 0.4) is 0 Å². The van der Waals surface area contributed by atoms with Crippen molar-refractivity contribution >= 4 is 5.97 Å². The average Bonchev–Trinajstić information content (AvgIpc) is 2.87. The van der Waals surface area contributed by atoms with Crippen LogP contribution in [0.5, 0.6) is 5.75 Å². The summed E-state index contributed by atoms with van der Waals surface area (Å²) in [5.74, 6) is -6.81. The third-order valence-electron chi connectivity index (χ3n) is 7.76. The molecule has 1 aromatic carbocycles. The summed E-state index contributed by atoms with van der Waals surface area (Å²) in [6, 6.07) is 0.180. The van der Waals surface area contributed by atoms with Crippen LogP contribution in [0.1, 0.15) is 56.9 Å². The Morgan fingerprint density at radius 2 is 1.46 bits per heavy atom. The Morgan fingerprint density at radius 1 is 0.897 bits per heavy atom. The van der Waals surface area contributed by atoms with E-state index in [0.29, 0.717) is 26.1 Å². The number of alkyl halides is 5. The van der Waals surface area contributed by atoms with E-state index in [9.17, 15) is 35.5 Å². The number of benzene rings is 1. The van der Waals surface area contributed by atoms with E-state index in [4.69, 9.17) is 14.2 Å². The van der Waals surface area contributed by atoms with E-state index in [1.54, 1.807) is 6.08 Å². The minimum Gasteiger partial charge on any atom is -0.462 e. The van der Waals surface area contributed by atoms with E-state index < -0.39 is 47.3 Å². The highest BCUT2D eigenvalue weighted by Crippen LogP contribution is 2.42. The molecule has 1 saturated heterocycles. The fraction of sp³-hybridized carbons (Fsp3) is 0.667. The SMILES string of the molecule is C=CC1COC(C2CCC(C(=O)OC3CCC(C(F)(F)Oc4cc(F)c(C(F)(F)F)c(F)c4)CC3)CC2)OC1. The molecule has 12 heteroatoms. The molecule has 1 aromatic rings. The van der Waals surface area contributed by atoms with Crippen LogP contribution < -0.4 is 4.74 Å². The highest BCUT2D eigenvalue weighted by atomic mass is 19.4. The molecular weight excluding hydrogens is 537 g/mol. The zero-order chi connectivity index (χ0) is 28.4. The van der Waals surface area contributed by atoms with Crippen LogP contribution in [0.25, 0.3) is 0 Å². The van der Waals surface area contributed by atoms with Crippen LogP contribution in [0.15, 0.2) is 24.8 Å². The first-order chi connectivity index (χ1) is 18.4. The van der Waals surface area contributed by atoms with Gasteiger partial charge in [0.1, 0.15) is 29.1 Å². The van der Waals surface area contributed by atoms with Crippen molar-refractivity contribution in [2.24, 2.45) is 23.7 Å². The van der Waals surface area contributed by atoms with Crippen molar-refractivity contribution in [3.05, 3.63) is 42.0 Å². The Labute approximate surface area is 221 Å². The maximum absolute atomic E-state index is 14.7. The Bertz CT molecular complexity index is 983. The average molecular weight is 569 g/mol. The van der Waals surface area contributed by atoms with Crippen molar-refractivity contribution in [2.75, 3.05) is 13.2 Å². The summed E-state index contributed by atoms with van der Waals surface area (Å²) < 4.78 is 117. The Morgan fingerprint density at radius 3 is 1.97 bits per heavy atom. The summed E-state index contributed by atoms with van der Waals surface area (Å²) in [6.07, 6.45) is -5.50. The van der Waals surface area contributed by atoms with Crippen LogP contribution in [0.2, 0.25) is 0 Å². The number of halogens is 7. The Hall–Kier alpha value is -2.34. The lowest BCUT2D eigenvalue weighted by molar-refractivity contribution is -0.227. The van der Waals surface area contributed by atoms with Gasteiger partial charge in [-0.15, -0.1) is 6.58 Å². The quantitative estimate of drug-likeness (QED) is 0.201. The predicted molar refractivity (Wildman–Crippen MR) is 124 cm³/mol. The van der Waals surface area contributed by atoms with E-state index in [1.165, 1.54) is 0 Å². The highest BCUT2D eigenvalue weighted by molar-refractivity contribution is 5.72. The number of ether oxygens (including phenoxy) is 4. The third kappa shape index (κ3) is 7.25. The summed E-state index contributed by atoms with van der Waals surface area (Å²) in [5.41, 5.74) is -2.17. The van der Waals surface area contributed by atoms with Crippen LogP contribution in [-0.2, 0) is 25.2 Å². The van der Waals surface area contributed by atoms with Gasteiger partial charge >= 0.3 is 18.3 Å². The van der Waals surface area contributed by atoms with Crippen molar-refractivity contribution in [3.63, 3.8) is 0 Å². The third-order valence-corrected chi connectivity index (χ3v) is 7.76. The lowest BCUT2D eigenvalue weighted by atomic mass is 9.81. The second kappa shape index (κ2) is 12.0. The van der Waals surface area contributed by atoms with Gasteiger partial charge in [0.25, 0.3) is 0 Å². The molecule has 2 aliphatic carbocycles. The second-order valence-electron chi connectivity index (χ2n) is 10.5. The molecule has 1 heterocycles. The molecule has 0 aromatic heterocycles. The molecule has 5 nitrogen and oxygen atoms in total. The molecule has 3 aliphatic rings. The molecule has 1 aliphatic heterocycles. The molecular formula is C27H31F7O5. The number of hydrogen-bond donors (Lipinski definition) is 0. The number of hydrogen-bond acceptors (Lipinski definition) is 5. The number of carbonyl (C=O) groups excluding carboxylic acids is 1. The topological polar surface area (TPSA) is 54.0 Å². The Balaban J connectivity index is 1.22. The summed E-state index contributed by atoms with van der Waals surface area (Å²) in [4.78, 5) is 12.7. The minimum atomic E-state index is -5.32. The van der Waals surface area contributed by atoms with Gasteiger partial charge < -0.3 is 18.9 Å². The van der Waals surface area contributed by atoms with Gasteiger partial charge in [0.2, 0.25) is 0 Å². The van der Waals surface area contributed by atoms with Gasteiger partial charge in [-0.3, -0.25) is 4.79 Å². The van der Waals surface area contributed by atoms with E-state index in [-0.39, 0.29) is 67.8 Å². The predicted octanol–water partition coefficient (Wildman–Crippen LogP) is 7.04. The molecule has 4 rings (SSSR count). The van der Waals surface area contributed by atoms with Crippen molar-refractivity contribution < 1.29 is 54.5 Å². The highest BCUT2D eigenvalue weighted by Gasteiger charge is 2.46. The van der Waals surface area contributed by atoms with Gasteiger partial charge in [-0.2, -0.15) is 22.0 Å². The molecule has 2 saturated carbocycles. The van der Waals surface area contributed by atoms with Crippen LogP contribution in [-0.4, -0.2) is 37.7 Å². The van der Waals surface area contributed by atoms with Crippen LogP contribution in [0.4, 0.5) is 30.7 Å². The first kappa shape index (κ1) is 29.6. The van der Waals surface area contributed by atoms with Gasteiger partial charge in [0.05, 0.1) is 25.0 Å². The molecule has 0 amide bonds. The van der Waals surface area contributed by atoms with E-state index in [1.807, 2.05) is 0 Å². The van der Waals surface area contributed by atoms with E-state index in [0.717, 1.165) is 12.8 Å². The molecule has 0 atom stereocenters. The van der Waals surface area contributed by atoms with Crippen molar-refractivity contribution in [3.8, 4) is 5.75 Å². The first-order valence-corrected chi connectivity index (χ1v) is 13.1. The summed E-state index contributed by atoms with van der Waals surface area (Å²) in [7, 11) is 0. The van der Waals surface area contributed by atoms with Crippen LogP contribution in [0, 0.1) is 35.3 Å². The standard InChI is InChI=1S/C27H31F7O5/c1-2-15-13-36-25(37-14-15)17-5-3-16(4-6-17)24(35)38-19-9-7-18(8-10-19)27(33,34)39-20-11-21(28)23(22(29)12-20)26(30,31)32/h2,11-12,15-19,25H,1,3-10,13-14H2. The fourth-order valence-corrected chi connectivity index (χ4v) is 5.47. The summed E-state index contributed by atoms with van der Waals surface area (Å²) in [6.45, 7) is 4.85. The number of esters is 1. The molecule has 3 fully saturated rings. The molecule has 39 heavy (non-hydrogen) atoms. The van der Waals surface area contributed by atoms with E-state index in [2.05, 4.69) is 11.3 Å². The summed E-state index contributed by atoms with van der Waals surface area (Å²) in [5, 5.41) is 0. The monoisotopic (exact) mass is 568 g/mol. The molecule has 0 radical (unpaired) electrons. The van der Waals surface area contributed by atoms with E-state index >= 15 is 0 Å². The smallest absolute Gasteiger partial charge is 0.422 e. The second-order valence-corrected chi connectivity index (χ2v) is 10.5. The molecule has 0 bridgehead atoms. The zero-order valence-corrected chi connectivity index (χ0v) is 21.2. The molecule has 0 unspecified atom stereocenters. The summed E-state index contributed by atoms with van der Waals surface area (Å²) >= 11 is 0. The van der Waals surface area contributed by atoms with Crippen molar-refractivity contribution in [1.29, 1.82) is 0 Å². The van der Waals surface area contributed by atoms with Crippen molar-refractivity contribution in [2.45, 2.75) is 76.0 Å². The lowest BCUT2D eigenvalue weighted by Gasteiger charge is -2.37. The molecule has 218 valence electrons. The minimum absolute atomic E-state index is 0.0898. The first-order valence-electron chi connectivity index (χ1n) is 13.1. The molecule has 0 N–H and O–H groups in total. The van der Waals surface area contributed by atoms with Crippen molar-refractivity contribution in [1.82, 2.24) is 0 Å². The van der Waals surface area contributed by atoms with Gasteiger partial charge in [0.15, 0.2) is 6.29 Å². The Kier molecular flexibility index (Phi) is 9.15. The fourth-order valence-electron chi connectivity index (χ4n) is 5.47. The lowest BCUT2D eigenvalue weighted by Crippen LogP contribution is -2.40. The van der Waals surface area contributed by atoms with Gasteiger partial charge in [-0.25, -0.2) is 8.78 Å². The van der Waals surface area contributed by atoms with Gasteiger partial charge in [0, 0.05) is 24.0 Å². The molecule has 0 spiro atoms. The normalized spacial score (nSPS) is 30.4. The largest absolute Gasteiger partial charge is 0.462 e. The van der Waals surface area contributed by atoms with Crippen LogP contribution >= 0.6 is 0 Å². The maximum Gasteiger partial charge on any atom is 0.422 e. The number of carbonyl (C=O) groups is 1. The van der Waals surface area contributed by atoms with Gasteiger partial charge in [-0.1, -0.05) is 6.08 Å². The zero-order valence-electron chi connectivity index (χ0n) is 21.2. The number of rotatable bonds is 7. The van der Waals surface area contributed by atoms with Gasteiger partial charge in [-0.05, 0) is 51.4 Å².